The molecule has 0 amide bonds. The standard InChI is InChI=1S/C17H18BrF2N/c1-3-8-21-17(12-5-4-11(2)14(18)9-12)13-6-7-15(19)16(20)10-13/h4-7,9-10,17,21H,3,8H2,1-2H3. The second-order valence-electron chi connectivity index (χ2n) is 5.07. The molecule has 0 heterocycles. The van der Waals surface area contributed by atoms with Crippen LogP contribution in [0.1, 0.15) is 36.1 Å². The summed E-state index contributed by atoms with van der Waals surface area (Å²) in [6.45, 7) is 4.88. The van der Waals surface area contributed by atoms with Crippen LogP contribution in [0.2, 0.25) is 0 Å². The van der Waals surface area contributed by atoms with E-state index in [9.17, 15) is 8.78 Å². The van der Waals surface area contributed by atoms with E-state index in [0.717, 1.165) is 34.1 Å². The summed E-state index contributed by atoms with van der Waals surface area (Å²) in [7, 11) is 0. The van der Waals surface area contributed by atoms with Gasteiger partial charge in [0, 0.05) is 4.47 Å². The summed E-state index contributed by atoms with van der Waals surface area (Å²) in [6, 6.07) is 9.94. The smallest absolute Gasteiger partial charge is 0.159 e. The van der Waals surface area contributed by atoms with Crippen LogP contribution in [0, 0.1) is 18.6 Å². The molecule has 0 spiro atoms. The zero-order valence-electron chi connectivity index (χ0n) is 12.1. The fourth-order valence-corrected chi connectivity index (χ4v) is 2.59. The molecule has 1 nitrogen and oxygen atoms in total. The average Bonchev–Trinajstić information content (AvgIpc) is 2.46. The van der Waals surface area contributed by atoms with E-state index < -0.39 is 11.6 Å². The Morgan fingerprint density at radius 2 is 1.71 bits per heavy atom. The van der Waals surface area contributed by atoms with E-state index in [2.05, 4.69) is 28.2 Å². The third kappa shape index (κ3) is 3.89. The van der Waals surface area contributed by atoms with Crippen LogP contribution in [0.25, 0.3) is 0 Å². The molecule has 4 heteroatoms. The topological polar surface area (TPSA) is 12.0 Å². The maximum atomic E-state index is 13.5. The minimum absolute atomic E-state index is 0.156. The van der Waals surface area contributed by atoms with Gasteiger partial charge in [-0.2, -0.15) is 0 Å². The van der Waals surface area contributed by atoms with Gasteiger partial charge in [-0.25, -0.2) is 8.78 Å². The van der Waals surface area contributed by atoms with Gasteiger partial charge in [0.1, 0.15) is 0 Å². The van der Waals surface area contributed by atoms with Gasteiger partial charge in [-0.05, 0) is 54.8 Å². The van der Waals surface area contributed by atoms with Crippen LogP contribution < -0.4 is 5.32 Å². The maximum absolute atomic E-state index is 13.5. The molecule has 1 atom stereocenters. The van der Waals surface area contributed by atoms with Crippen LogP contribution in [0.15, 0.2) is 40.9 Å². The molecule has 0 saturated heterocycles. The lowest BCUT2D eigenvalue weighted by atomic mass is 9.97. The highest BCUT2D eigenvalue weighted by atomic mass is 79.9. The number of hydrogen-bond donors (Lipinski definition) is 1. The van der Waals surface area contributed by atoms with Crippen LogP contribution >= 0.6 is 15.9 Å². The van der Waals surface area contributed by atoms with E-state index in [1.54, 1.807) is 6.07 Å². The lowest BCUT2D eigenvalue weighted by Gasteiger charge is -2.20. The Hall–Kier alpha value is -1.26. The van der Waals surface area contributed by atoms with Crippen molar-refractivity contribution in [1.29, 1.82) is 0 Å². The summed E-state index contributed by atoms with van der Waals surface area (Å²) in [5.74, 6) is -1.64. The summed E-state index contributed by atoms with van der Waals surface area (Å²) in [5.41, 5.74) is 2.88. The van der Waals surface area contributed by atoms with E-state index >= 15 is 0 Å². The third-order valence-corrected chi connectivity index (χ3v) is 4.26. The average molecular weight is 354 g/mol. The molecule has 0 aliphatic heterocycles. The van der Waals surface area contributed by atoms with Crippen molar-refractivity contribution >= 4 is 15.9 Å². The van der Waals surface area contributed by atoms with Crippen LogP contribution in [-0.4, -0.2) is 6.54 Å². The zero-order chi connectivity index (χ0) is 15.4. The molecule has 2 aromatic carbocycles. The fraction of sp³-hybridized carbons (Fsp3) is 0.294. The minimum Gasteiger partial charge on any atom is -0.306 e. The molecule has 0 fully saturated rings. The monoisotopic (exact) mass is 353 g/mol. The highest BCUT2D eigenvalue weighted by Gasteiger charge is 2.16. The van der Waals surface area contributed by atoms with Crippen molar-refractivity contribution in [3.63, 3.8) is 0 Å². The van der Waals surface area contributed by atoms with Gasteiger partial charge in [0.2, 0.25) is 0 Å². The van der Waals surface area contributed by atoms with Crippen molar-refractivity contribution in [1.82, 2.24) is 5.32 Å². The van der Waals surface area contributed by atoms with Gasteiger partial charge in [-0.1, -0.05) is 41.1 Å². The summed E-state index contributed by atoms with van der Waals surface area (Å²) in [6.07, 6.45) is 0.965. The van der Waals surface area contributed by atoms with Gasteiger partial charge in [0.05, 0.1) is 6.04 Å². The molecule has 21 heavy (non-hydrogen) atoms. The molecule has 0 aliphatic rings. The molecular formula is C17H18BrF2N. The predicted octanol–water partition coefficient (Wildman–Crippen LogP) is 5.12. The molecular weight excluding hydrogens is 336 g/mol. The van der Waals surface area contributed by atoms with Crippen LogP contribution in [-0.2, 0) is 0 Å². The molecule has 0 bridgehead atoms. The molecule has 1 unspecified atom stereocenters. The van der Waals surface area contributed by atoms with Gasteiger partial charge < -0.3 is 5.32 Å². The Morgan fingerprint density at radius 3 is 2.33 bits per heavy atom. The van der Waals surface area contributed by atoms with E-state index in [1.165, 1.54) is 12.1 Å². The summed E-state index contributed by atoms with van der Waals surface area (Å²) >= 11 is 3.52. The summed E-state index contributed by atoms with van der Waals surface area (Å²) in [4.78, 5) is 0. The Balaban J connectivity index is 2.41. The highest BCUT2D eigenvalue weighted by molar-refractivity contribution is 9.10. The molecule has 1 N–H and O–H groups in total. The number of rotatable bonds is 5. The van der Waals surface area contributed by atoms with Gasteiger partial charge in [0.15, 0.2) is 11.6 Å². The molecule has 0 aliphatic carbocycles. The van der Waals surface area contributed by atoms with Crippen molar-refractivity contribution in [2.75, 3.05) is 6.54 Å². The zero-order valence-corrected chi connectivity index (χ0v) is 13.7. The number of halogens is 3. The lowest BCUT2D eigenvalue weighted by Crippen LogP contribution is -2.23. The van der Waals surface area contributed by atoms with Crippen LogP contribution in [0.4, 0.5) is 8.78 Å². The number of aryl methyl sites for hydroxylation is 1. The number of nitrogens with one attached hydrogen (secondary N) is 1. The minimum atomic E-state index is -0.821. The SMILES string of the molecule is CCCNC(c1ccc(F)c(F)c1)c1ccc(C)c(Br)c1. The van der Waals surface area contributed by atoms with Crippen molar-refractivity contribution in [2.24, 2.45) is 0 Å². The second kappa shape index (κ2) is 7.14. The first-order valence-corrected chi connectivity index (χ1v) is 7.76. The lowest BCUT2D eigenvalue weighted by molar-refractivity contribution is 0.503. The quantitative estimate of drug-likeness (QED) is 0.785. The molecule has 2 rings (SSSR count). The maximum Gasteiger partial charge on any atom is 0.159 e. The molecule has 112 valence electrons. The first-order chi connectivity index (χ1) is 10.0. The number of benzene rings is 2. The molecule has 0 radical (unpaired) electrons. The normalized spacial score (nSPS) is 12.4. The largest absolute Gasteiger partial charge is 0.306 e. The van der Waals surface area contributed by atoms with Crippen molar-refractivity contribution < 1.29 is 8.78 Å². The Morgan fingerprint density at radius 1 is 1.05 bits per heavy atom. The molecule has 0 saturated carbocycles. The van der Waals surface area contributed by atoms with Gasteiger partial charge in [0.25, 0.3) is 0 Å². The van der Waals surface area contributed by atoms with E-state index in [4.69, 9.17) is 0 Å². The highest BCUT2D eigenvalue weighted by Crippen LogP contribution is 2.27. The van der Waals surface area contributed by atoms with Gasteiger partial charge in [-0.3, -0.25) is 0 Å². The Bertz CT molecular complexity index is 577. The van der Waals surface area contributed by atoms with Crippen molar-refractivity contribution in [3.05, 3.63) is 69.2 Å². The predicted molar refractivity (Wildman–Crippen MR) is 85.4 cm³/mol. The molecule has 0 aromatic heterocycles. The van der Waals surface area contributed by atoms with Crippen LogP contribution in [0.5, 0.6) is 0 Å². The Labute approximate surface area is 132 Å². The van der Waals surface area contributed by atoms with Gasteiger partial charge >= 0.3 is 0 Å². The Kier molecular flexibility index (Phi) is 5.48. The van der Waals surface area contributed by atoms with Gasteiger partial charge in [-0.15, -0.1) is 0 Å². The van der Waals surface area contributed by atoms with E-state index in [1.807, 2.05) is 25.1 Å². The molecule has 2 aromatic rings. The number of hydrogen-bond acceptors (Lipinski definition) is 1. The van der Waals surface area contributed by atoms with Crippen molar-refractivity contribution in [2.45, 2.75) is 26.3 Å². The van der Waals surface area contributed by atoms with Crippen molar-refractivity contribution in [3.8, 4) is 0 Å². The van der Waals surface area contributed by atoms with E-state index in [0.29, 0.717) is 0 Å². The first-order valence-electron chi connectivity index (χ1n) is 6.97. The van der Waals surface area contributed by atoms with Crippen LogP contribution in [0.3, 0.4) is 0 Å². The fourth-order valence-electron chi connectivity index (χ4n) is 2.20. The van der Waals surface area contributed by atoms with E-state index in [-0.39, 0.29) is 6.04 Å². The third-order valence-electron chi connectivity index (χ3n) is 3.40. The first kappa shape index (κ1) is 16.1. The summed E-state index contributed by atoms with van der Waals surface area (Å²) < 4.78 is 27.6. The second-order valence-corrected chi connectivity index (χ2v) is 5.92. The summed E-state index contributed by atoms with van der Waals surface area (Å²) in [5, 5.41) is 3.39.